The summed E-state index contributed by atoms with van der Waals surface area (Å²) < 4.78 is 48.3. The van der Waals surface area contributed by atoms with E-state index in [1.807, 2.05) is 0 Å². The van der Waals surface area contributed by atoms with E-state index in [0.717, 1.165) is 12.1 Å². The summed E-state index contributed by atoms with van der Waals surface area (Å²) in [6, 6.07) is 6.00. The predicted octanol–water partition coefficient (Wildman–Crippen LogP) is 3.26. The van der Waals surface area contributed by atoms with Gasteiger partial charge in [0.1, 0.15) is 11.5 Å². The second-order valence-electron chi connectivity index (χ2n) is 6.78. The summed E-state index contributed by atoms with van der Waals surface area (Å²) in [6.07, 6.45) is -3.54. The quantitative estimate of drug-likeness (QED) is 0.817. The highest BCUT2D eigenvalue weighted by Crippen LogP contribution is 2.31. The maximum atomic E-state index is 12.7. The molecule has 1 fully saturated rings. The molecule has 156 valence electrons. The maximum absolute atomic E-state index is 12.7. The molecule has 0 bridgehead atoms. The van der Waals surface area contributed by atoms with Crippen LogP contribution in [0.15, 0.2) is 34.9 Å². The molecule has 0 unspecified atom stereocenters. The van der Waals surface area contributed by atoms with Gasteiger partial charge in [-0.1, -0.05) is 11.2 Å². The van der Waals surface area contributed by atoms with Crippen LogP contribution in [0.25, 0.3) is 0 Å². The molecule has 10 heteroatoms. The maximum Gasteiger partial charge on any atom is 0.416 e. The van der Waals surface area contributed by atoms with Crippen molar-refractivity contribution in [2.24, 2.45) is 5.92 Å². The molecule has 3 rings (SSSR count). The van der Waals surface area contributed by atoms with E-state index >= 15 is 0 Å². The standard InChI is InChI=1S/C19H20F3N3O4/c1-12-9-16(24-29-12)23-18(27)13-5-7-25(8-6-13)17(26)11-28-15-4-2-3-14(10-15)19(20,21)22/h2-4,9-10,13H,5-8,11H2,1H3,(H,23,24,27). The number of benzene rings is 1. The first-order valence-corrected chi connectivity index (χ1v) is 9.04. The molecule has 2 amide bonds. The minimum Gasteiger partial charge on any atom is -0.484 e. The van der Waals surface area contributed by atoms with E-state index in [1.54, 1.807) is 13.0 Å². The number of amides is 2. The first-order valence-electron chi connectivity index (χ1n) is 9.04. The Kier molecular flexibility index (Phi) is 6.09. The monoisotopic (exact) mass is 411 g/mol. The number of hydrogen-bond acceptors (Lipinski definition) is 5. The Morgan fingerprint density at radius 1 is 1.28 bits per heavy atom. The number of aromatic nitrogens is 1. The van der Waals surface area contributed by atoms with Crippen LogP contribution in [0, 0.1) is 12.8 Å². The van der Waals surface area contributed by atoms with Crippen molar-refractivity contribution in [2.45, 2.75) is 25.9 Å². The van der Waals surface area contributed by atoms with Crippen LogP contribution in [0.3, 0.4) is 0 Å². The van der Waals surface area contributed by atoms with E-state index in [1.165, 1.54) is 17.0 Å². The summed E-state index contributed by atoms with van der Waals surface area (Å²) in [4.78, 5) is 26.1. The number of halogens is 3. The van der Waals surface area contributed by atoms with Crippen LogP contribution in [0.4, 0.5) is 19.0 Å². The van der Waals surface area contributed by atoms with E-state index in [9.17, 15) is 22.8 Å². The van der Waals surface area contributed by atoms with Gasteiger partial charge in [-0.2, -0.15) is 13.2 Å². The van der Waals surface area contributed by atoms with Crippen molar-refractivity contribution in [3.8, 4) is 5.75 Å². The Hall–Kier alpha value is -3.04. The van der Waals surface area contributed by atoms with Gasteiger partial charge >= 0.3 is 6.18 Å². The molecule has 2 heterocycles. The lowest BCUT2D eigenvalue weighted by Gasteiger charge is -2.31. The number of alkyl halides is 3. The number of nitrogens with one attached hydrogen (secondary N) is 1. The Morgan fingerprint density at radius 2 is 2.00 bits per heavy atom. The van der Waals surface area contributed by atoms with E-state index in [-0.39, 0.29) is 30.1 Å². The van der Waals surface area contributed by atoms with Gasteiger partial charge in [-0.15, -0.1) is 0 Å². The van der Waals surface area contributed by atoms with Crippen LogP contribution in [0.2, 0.25) is 0 Å². The van der Waals surface area contributed by atoms with Gasteiger partial charge in [-0.3, -0.25) is 9.59 Å². The average molecular weight is 411 g/mol. The van der Waals surface area contributed by atoms with Crippen molar-refractivity contribution in [3.05, 3.63) is 41.7 Å². The van der Waals surface area contributed by atoms with Gasteiger partial charge in [0.15, 0.2) is 12.4 Å². The molecule has 1 aliphatic heterocycles. The van der Waals surface area contributed by atoms with Crippen LogP contribution in [-0.4, -0.2) is 41.6 Å². The number of nitrogens with zero attached hydrogens (tertiary/aromatic N) is 2. The van der Waals surface area contributed by atoms with Crippen LogP contribution in [-0.2, 0) is 15.8 Å². The third-order valence-electron chi connectivity index (χ3n) is 4.62. The first-order chi connectivity index (χ1) is 13.7. The summed E-state index contributed by atoms with van der Waals surface area (Å²) >= 11 is 0. The highest BCUT2D eigenvalue weighted by molar-refractivity contribution is 5.91. The van der Waals surface area contributed by atoms with Gasteiger partial charge in [0.2, 0.25) is 5.91 Å². The predicted molar refractivity (Wildman–Crippen MR) is 96.1 cm³/mol. The number of piperidine rings is 1. The molecule has 29 heavy (non-hydrogen) atoms. The van der Waals surface area contributed by atoms with E-state index in [0.29, 0.717) is 37.5 Å². The van der Waals surface area contributed by atoms with E-state index in [4.69, 9.17) is 9.26 Å². The van der Waals surface area contributed by atoms with Crippen LogP contribution >= 0.6 is 0 Å². The SMILES string of the molecule is Cc1cc(NC(=O)C2CCN(C(=O)COc3cccc(C(F)(F)F)c3)CC2)no1. The third kappa shape index (κ3) is 5.49. The second-order valence-corrected chi connectivity index (χ2v) is 6.78. The zero-order chi connectivity index (χ0) is 21.0. The van der Waals surface area contributed by atoms with Crippen LogP contribution in [0.1, 0.15) is 24.2 Å². The normalized spacial score (nSPS) is 15.2. The van der Waals surface area contributed by atoms with Crippen molar-refractivity contribution in [1.82, 2.24) is 10.1 Å². The van der Waals surface area contributed by atoms with Gasteiger partial charge in [0, 0.05) is 25.1 Å². The van der Waals surface area contributed by atoms with E-state index < -0.39 is 11.7 Å². The lowest BCUT2D eigenvalue weighted by Crippen LogP contribution is -2.43. The molecule has 1 saturated heterocycles. The topological polar surface area (TPSA) is 84.7 Å². The molecule has 0 radical (unpaired) electrons. The van der Waals surface area contributed by atoms with Crippen molar-refractivity contribution in [3.63, 3.8) is 0 Å². The minimum absolute atomic E-state index is 0.0228. The fourth-order valence-electron chi connectivity index (χ4n) is 3.04. The number of rotatable bonds is 5. The van der Waals surface area contributed by atoms with Crippen molar-refractivity contribution >= 4 is 17.6 Å². The number of anilines is 1. The van der Waals surface area contributed by atoms with Crippen molar-refractivity contribution in [2.75, 3.05) is 25.0 Å². The molecule has 1 aliphatic rings. The fourth-order valence-corrected chi connectivity index (χ4v) is 3.04. The molecule has 2 aromatic rings. The molecule has 0 atom stereocenters. The van der Waals surface area contributed by atoms with Crippen LogP contribution in [0.5, 0.6) is 5.75 Å². The highest BCUT2D eigenvalue weighted by atomic mass is 19.4. The summed E-state index contributed by atoms with van der Waals surface area (Å²) in [5.74, 6) is 0.117. The molecule has 0 aliphatic carbocycles. The molecule has 1 aromatic carbocycles. The molecule has 0 saturated carbocycles. The number of hydrogen-bond donors (Lipinski definition) is 1. The number of ether oxygens (including phenoxy) is 1. The summed E-state index contributed by atoms with van der Waals surface area (Å²) in [5.41, 5.74) is -0.836. The number of likely N-dealkylation sites (tertiary alicyclic amines) is 1. The molecule has 1 aromatic heterocycles. The molecule has 0 spiro atoms. The molecule has 1 N–H and O–H groups in total. The second kappa shape index (κ2) is 8.54. The Bertz CT molecular complexity index is 874. The lowest BCUT2D eigenvalue weighted by atomic mass is 9.96. The summed E-state index contributed by atoms with van der Waals surface area (Å²) in [7, 11) is 0. The largest absolute Gasteiger partial charge is 0.484 e. The zero-order valence-corrected chi connectivity index (χ0v) is 15.7. The van der Waals surface area contributed by atoms with Gasteiger partial charge in [0.05, 0.1) is 5.56 Å². The Morgan fingerprint density at radius 3 is 2.62 bits per heavy atom. The van der Waals surface area contributed by atoms with Gasteiger partial charge in [0.25, 0.3) is 5.91 Å². The minimum atomic E-state index is -4.48. The van der Waals surface area contributed by atoms with Crippen LogP contribution < -0.4 is 10.1 Å². The number of carbonyl (C=O) groups excluding carboxylic acids is 2. The molecule has 7 nitrogen and oxygen atoms in total. The molecular weight excluding hydrogens is 391 g/mol. The average Bonchev–Trinajstić information content (AvgIpc) is 3.10. The fraction of sp³-hybridized carbons (Fsp3) is 0.421. The third-order valence-corrected chi connectivity index (χ3v) is 4.62. The number of carbonyl (C=O) groups is 2. The Balaban J connectivity index is 1.46. The smallest absolute Gasteiger partial charge is 0.416 e. The summed E-state index contributed by atoms with van der Waals surface area (Å²) in [5, 5.41) is 6.39. The number of aryl methyl sites for hydroxylation is 1. The Labute approximate surface area is 164 Å². The lowest BCUT2D eigenvalue weighted by molar-refractivity contribution is -0.137. The van der Waals surface area contributed by atoms with Crippen molar-refractivity contribution in [1.29, 1.82) is 0 Å². The van der Waals surface area contributed by atoms with Gasteiger partial charge in [-0.05, 0) is 38.0 Å². The first kappa shape index (κ1) is 20.7. The summed E-state index contributed by atoms with van der Waals surface area (Å²) in [6.45, 7) is 2.08. The van der Waals surface area contributed by atoms with E-state index in [2.05, 4.69) is 10.5 Å². The highest BCUT2D eigenvalue weighted by Gasteiger charge is 2.31. The zero-order valence-electron chi connectivity index (χ0n) is 15.7. The van der Waals surface area contributed by atoms with Crippen molar-refractivity contribution < 1.29 is 32.0 Å². The van der Waals surface area contributed by atoms with Gasteiger partial charge in [-0.25, -0.2) is 0 Å². The van der Waals surface area contributed by atoms with Gasteiger partial charge < -0.3 is 19.5 Å². The molecular formula is C19H20F3N3O4.